The van der Waals surface area contributed by atoms with Gasteiger partial charge in [0.2, 0.25) is 0 Å². The molecule has 0 aromatic carbocycles. The van der Waals surface area contributed by atoms with Crippen molar-refractivity contribution in [2.75, 3.05) is 18.0 Å². The minimum absolute atomic E-state index is 0.389. The fourth-order valence-electron chi connectivity index (χ4n) is 2.12. The zero-order valence-corrected chi connectivity index (χ0v) is 9.61. The molecule has 1 aromatic heterocycles. The molecule has 0 bridgehead atoms. The third kappa shape index (κ3) is 2.00. The Morgan fingerprint density at radius 1 is 1.40 bits per heavy atom. The number of nitrogens with two attached hydrogens (primary N) is 1. The van der Waals surface area contributed by atoms with E-state index in [-0.39, 0.29) is 0 Å². The van der Waals surface area contributed by atoms with E-state index in [4.69, 9.17) is 5.73 Å². The van der Waals surface area contributed by atoms with Gasteiger partial charge in [0.05, 0.1) is 5.69 Å². The van der Waals surface area contributed by atoms with Crippen molar-refractivity contribution in [1.82, 2.24) is 9.78 Å². The molecule has 0 aliphatic carbocycles. The van der Waals surface area contributed by atoms with Crippen LogP contribution in [0, 0.1) is 0 Å². The molecule has 2 N–H and O–H groups in total. The summed E-state index contributed by atoms with van der Waals surface area (Å²) in [5.74, 6) is 1.10. The molecule has 0 radical (unpaired) electrons. The second-order valence-corrected chi connectivity index (χ2v) is 4.43. The monoisotopic (exact) mass is 208 g/mol. The highest BCUT2D eigenvalue weighted by Crippen LogP contribution is 2.21. The van der Waals surface area contributed by atoms with Crippen molar-refractivity contribution in [2.45, 2.75) is 39.3 Å². The van der Waals surface area contributed by atoms with E-state index in [0.717, 1.165) is 24.6 Å². The highest BCUT2D eigenvalue weighted by atomic mass is 15.4. The molecule has 1 aromatic rings. The first-order chi connectivity index (χ1) is 7.22. The van der Waals surface area contributed by atoms with Crippen molar-refractivity contribution in [1.29, 1.82) is 0 Å². The largest absolute Gasteiger partial charge is 0.355 e. The summed E-state index contributed by atoms with van der Waals surface area (Å²) in [5, 5.41) is 4.63. The van der Waals surface area contributed by atoms with Gasteiger partial charge in [0.15, 0.2) is 5.82 Å². The van der Waals surface area contributed by atoms with Crippen LogP contribution in [-0.4, -0.2) is 22.9 Å². The Hall–Kier alpha value is -1.03. The van der Waals surface area contributed by atoms with E-state index < -0.39 is 0 Å². The molecule has 4 heteroatoms. The second kappa shape index (κ2) is 4.23. The summed E-state index contributed by atoms with van der Waals surface area (Å²) < 4.78 is 2.04. The smallest absolute Gasteiger partial charge is 0.150 e. The molecule has 2 rings (SSSR count). The molecular weight excluding hydrogens is 188 g/mol. The summed E-state index contributed by atoms with van der Waals surface area (Å²) in [5.41, 5.74) is 6.85. The molecule has 1 aliphatic heterocycles. The maximum Gasteiger partial charge on any atom is 0.150 e. The Labute approximate surface area is 91.1 Å². The number of aromatic nitrogens is 2. The lowest BCUT2D eigenvalue weighted by atomic mass is 10.3. The summed E-state index contributed by atoms with van der Waals surface area (Å²) in [4.78, 5) is 2.35. The van der Waals surface area contributed by atoms with Gasteiger partial charge in [-0.15, -0.1) is 0 Å². The Morgan fingerprint density at radius 3 is 2.53 bits per heavy atom. The van der Waals surface area contributed by atoms with Crippen LogP contribution in [0.4, 0.5) is 5.82 Å². The van der Waals surface area contributed by atoms with Crippen molar-refractivity contribution in [3.8, 4) is 0 Å². The summed E-state index contributed by atoms with van der Waals surface area (Å²) in [6, 6.07) is 2.52. The van der Waals surface area contributed by atoms with E-state index >= 15 is 0 Å². The zero-order valence-electron chi connectivity index (χ0n) is 9.61. The van der Waals surface area contributed by atoms with Gasteiger partial charge in [0.1, 0.15) is 0 Å². The van der Waals surface area contributed by atoms with E-state index in [2.05, 4.69) is 29.9 Å². The average molecular weight is 208 g/mol. The number of anilines is 1. The van der Waals surface area contributed by atoms with E-state index in [9.17, 15) is 0 Å². The van der Waals surface area contributed by atoms with Gasteiger partial charge in [0.25, 0.3) is 0 Å². The Bertz CT molecular complexity index is 323. The molecule has 0 spiro atoms. The third-order valence-corrected chi connectivity index (χ3v) is 2.93. The topological polar surface area (TPSA) is 47.1 Å². The van der Waals surface area contributed by atoms with Crippen molar-refractivity contribution >= 4 is 5.82 Å². The van der Waals surface area contributed by atoms with Gasteiger partial charge in [-0.2, -0.15) is 5.10 Å². The van der Waals surface area contributed by atoms with Crippen molar-refractivity contribution in [2.24, 2.45) is 5.73 Å². The normalized spacial score (nSPS) is 16.7. The average Bonchev–Trinajstić information content (AvgIpc) is 2.86. The van der Waals surface area contributed by atoms with Gasteiger partial charge in [0, 0.05) is 31.7 Å². The van der Waals surface area contributed by atoms with Crippen LogP contribution >= 0.6 is 0 Å². The molecular formula is C11H20N4. The lowest BCUT2D eigenvalue weighted by molar-refractivity contribution is 0.509. The lowest BCUT2D eigenvalue weighted by Gasteiger charge is -2.13. The quantitative estimate of drug-likeness (QED) is 0.819. The van der Waals surface area contributed by atoms with Gasteiger partial charge in [-0.25, -0.2) is 0 Å². The van der Waals surface area contributed by atoms with E-state index in [1.165, 1.54) is 12.8 Å². The summed E-state index contributed by atoms with van der Waals surface area (Å²) in [7, 11) is 0. The van der Waals surface area contributed by atoms with Gasteiger partial charge >= 0.3 is 0 Å². The fourth-order valence-corrected chi connectivity index (χ4v) is 2.12. The standard InChI is InChI=1S/C11H20N4/c1-9(2)15-10(8-12)7-11(13-15)14-5-3-4-6-14/h7,9H,3-6,8,12H2,1-2H3. The van der Waals surface area contributed by atoms with E-state index in [1.54, 1.807) is 0 Å². The van der Waals surface area contributed by atoms with Crippen LogP contribution in [0.5, 0.6) is 0 Å². The number of hydrogen-bond donors (Lipinski definition) is 1. The van der Waals surface area contributed by atoms with Gasteiger partial charge in [-0.3, -0.25) is 4.68 Å². The fraction of sp³-hybridized carbons (Fsp3) is 0.727. The first kappa shape index (κ1) is 10.5. The summed E-state index contributed by atoms with van der Waals surface area (Å²) >= 11 is 0. The molecule has 1 saturated heterocycles. The van der Waals surface area contributed by atoms with Crippen LogP contribution < -0.4 is 10.6 Å². The van der Waals surface area contributed by atoms with Crippen LogP contribution in [0.2, 0.25) is 0 Å². The zero-order chi connectivity index (χ0) is 10.8. The predicted octanol–water partition coefficient (Wildman–Crippen LogP) is 1.52. The summed E-state index contributed by atoms with van der Waals surface area (Å²) in [6.07, 6.45) is 2.57. The Balaban J connectivity index is 2.25. The Morgan fingerprint density at radius 2 is 2.07 bits per heavy atom. The molecule has 0 amide bonds. The first-order valence-electron chi connectivity index (χ1n) is 5.76. The third-order valence-electron chi connectivity index (χ3n) is 2.93. The van der Waals surface area contributed by atoms with E-state index in [0.29, 0.717) is 12.6 Å². The van der Waals surface area contributed by atoms with Gasteiger partial charge < -0.3 is 10.6 Å². The minimum Gasteiger partial charge on any atom is -0.355 e. The van der Waals surface area contributed by atoms with Crippen LogP contribution in [-0.2, 0) is 6.54 Å². The number of rotatable bonds is 3. The molecule has 0 unspecified atom stereocenters. The van der Waals surface area contributed by atoms with E-state index in [1.807, 2.05) is 4.68 Å². The maximum atomic E-state index is 5.72. The maximum absolute atomic E-state index is 5.72. The van der Waals surface area contributed by atoms with Crippen molar-refractivity contribution in [3.63, 3.8) is 0 Å². The van der Waals surface area contributed by atoms with Crippen LogP contribution in [0.3, 0.4) is 0 Å². The molecule has 0 saturated carbocycles. The van der Waals surface area contributed by atoms with Crippen LogP contribution in [0.1, 0.15) is 38.4 Å². The number of hydrogen-bond acceptors (Lipinski definition) is 3. The van der Waals surface area contributed by atoms with Gasteiger partial charge in [-0.05, 0) is 26.7 Å². The molecule has 4 nitrogen and oxygen atoms in total. The van der Waals surface area contributed by atoms with Crippen molar-refractivity contribution < 1.29 is 0 Å². The first-order valence-corrected chi connectivity index (χ1v) is 5.76. The predicted molar refractivity (Wildman–Crippen MR) is 62.0 cm³/mol. The number of nitrogens with zero attached hydrogens (tertiary/aromatic N) is 3. The van der Waals surface area contributed by atoms with Crippen LogP contribution in [0.15, 0.2) is 6.07 Å². The molecule has 1 aliphatic rings. The molecule has 84 valence electrons. The SMILES string of the molecule is CC(C)n1nc(N2CCCC2)cc1CN. The molecule has 2 heterocycles. The lowest BCUT2D eigenvalue weighted by Crippen LogP contribution is -2.18. The molecule has 1 fully saturated rings. The minimum atomic E-state index is 0.389. The Kier molecular flexibility index (Phi) is 2.95. The summed E-state index contributed by atoms with van der Waals surface area (Å²) in [6.45, 7) is 7.12. The van der Waals surface area contributed by atoms with Gasteiger partial charge in [-0.1, -0.05) is 0 Å². The highest BCUT2D eigenvalue weighted by Gasteiger charge is 2.17. The van der Waals surface area contributed by atoms with Crippen molar-refractivity contribution in [3.05, 3.63) is 11.8 Å². The molecule has 0 atom stereocenters. The highest BCUT2D eigenvalue weighted by molar-refractivity contribution is 5.40. The second-order valence-electron chi connectivity index (χ2n) is 4.43. The van der Waals surface area contributed by atoms with Crippen LogP contribution in [0.25, 0.3) is 0 Å². The molecule has 15 heavy (non-hydrogen) atoms.